The number of rotatable bonds is 5. The molecule has 2 aliphatic heterocycles. The number of phenolic OH excluding ortho intramolecular Hbond substituents is 1. The molecule has 2 aliphatic carbocycles. The van der Waals surface area contributed by atoms with E-state index in [2.05, 4.69) is 11.5 Å². The first-order valence-electron chi connectivity index (χ1n) is 12.6. The van der Waals surface area contributed by atoms with Crippen molar-refractivity contribution in [3.05, 3.63) is 77.6 Å². The number of nitrogens with zero attached hydrogens (tertiary/aromatic N) is 2. The van der Waals surface area contributed by atoms with Crippen LogP contribution < -0.4 is 4.74 Å². The van der Waals surface area contributed by atoms with Gasteiger partial charge >= 0.3 is 0 Å². The van der Waals surface area contributed by atoms with E-state index >= 15 is 0 Å². The lowest BCUT2D eigenvalue weighted by Gasteiger charge is -2.64. The molecule has 0 unspecified atom stereocenters. The van der Waals surface area contributed by atoms with E-state index in [1.807, 2.05) is 12.1 Å². The minimum Gasteiger partial charge on any atom is -0.504 e. The van der Waals surface area contributed by atoms with E-state index in [9.17, 15) is 19.4 Å². The third-order valence-electron chi connectivity index (χ3n) is 9.02. The molecular formula is C29H31FN2O4. The summed E-state index contributed by atoms with van der Waals surface area (Å²) in [5.74, 6) is -0.0438. The number of aromatic hydroxyl groups is 1. The third-order valence-corrected chi connectivity index (χ3v) is 9.02. The van der Waals surface area contributed by atoms with Gasteiger partial charge in [-0.05, 0) is 67.6 Å². The van der Waals surface area contributed by atoms with Gasteiger partial charge in [-0.3, -0.25) is 9.69 Å². The van der Waals surface area contributed by atoms with Gasteiger partial charge in [-0.2, -0.15) is 0 Å². The zero-order valence-corrected chi connectivity index (χ0v) is 20.4. The molecule has 4 aliphatic rings. The van der Waals surface area contributed by atoms with Crippen molar-refractivity contribution in [3.63, 3.8) is 0 Å². The number of benzene rings is 2. The van der Waals surface area contributed by atoms with Crippen LogP contribution in [0.3, 0.4) is 0 Å². The SMILES string of the molecule is C=CCN1CC[C@]23c4c5ccc(O)c4O[C@H]2[C@@H](N(C)C(=O)C=Cc2cccc(F)c2)CC[C@@]3(O)[C@H]1C5. The lowest BCUT2D eigenvalue weighted by atomic mass is 9.48. The molecule has 1 saturated heterocycles. The van der Waals surface area contributed by atoms with E-state index in [1.165, 1.54) is 18.2 Å². The summed E-state index contributed by atoms with van der Waals surface area (Å²) in [6.07, 6.45) is 6.90. The van der Waals surface area contributed by atoms with E-state index in [0.29, 0.717) is 43.5 Å². The summed E-state index contributed by atoms with van der Waals surface area (Å²) in [4.78, 5) is 17.2. The van der Waals surface area contributed by atoms with Gasteiger partial charge in [0.15, 0.2) is 11.5 Å². The average Bonchev–Trinajstić information content (AvgIpc) is 3.21. The van der Waals surface area contributed by atoms with Crippen molar-refractivity contribution in [2.75, 3.05) is 20.1 Å². The second kappa shape index (κ2) is 8.18. The molecule has 2 aromatic carbocycles. The fourth-order valence-corrected chi connectivity index (χ4v) is 7.44. The van der Waals surface area contributed by atoms with Crippen LogP contribution in [0.15, 0.2) is 55.1 Å². The van der Waals surface area contributed by atoms with Crippen molar-refractivity contribution in [1.82, 2.24) is 9.80 Å². The molecule has 5 atom stereocenters. The van der Waals surface area contributed by atoms with Gasteiger partial charge in [0.25, 0.3) is 0 Å². The fraction of sp³-hybridized carbons (Fsp3) is 0.414. The summed E-state index contributed by atoms with van der Waals surface area (Å²) in [6.45, 7) is 5.38. The largest absolute Gasteiger partial charge is 0.504 e. The van der Waals surface area contributed by atoms with Gasteiger partial charge in [-0.1, -0.05) is 24.3 Å². The highest BCUT2D eigenvalue weighted by atomic mass is 19.1. The highest BCUT2D eigenvalue weighted by Gasteiger charge is 2.73. The monoisotopic (exact) mass is 490 g/mol. The fourth-order valence-electron chi connectivity index (χ4n) is 7.44. The van der Waals surface area contributed by atoms with Gasteiger partial charge in [0.2, 0.25) is 5.91 Å². The van der Waals surface area contributed by atoms with Crippen LogP contribution in [0, 0.1) is 5.82 Å². The van der Waals surface area contributed by atoms with E-state index in [-0.39, 0.29) is 29.6 Å². The van der Waals surface area contributed by atoms with Gasteiger partial charge in [0, 0.05) is 31.3 Å². The van der Waals surface area contributed by atoms with Gasteiger partial charge in [-0.25, -0.2) is 4.39 Å². The molecule has 36 heavy (non-hydrogen) atoms. The number of hydrogen-bond donors (Lipinski definition) is 2. The standard InChI is InChI=1S/C29H31FN2O4/c1-3-14-32-15-13-28-25-19-8-9-22(33)26(25)36-27(28)21(11-12-29(28,35)23(32)17-19)31(2)24(34)10-7-18-5-4-6-20(30)16-18/h3-10,16,21,23,27,33,35H,1,11-15,17H2,2H3/t21-,23+,27-,28-,29+/m0/s1. The first kappa shape index (κ1) is 23.3. The van der Waals surface area contributed by atoms with Gasteiger partial charge < -0.3 is 19.8 Å². The van der Waals surface area contributed by atoms with Crippen LogP contribution >= 0.6 is 0 Å². The minimum absolute atomic E-state index is 0.0746. The smallest absolute Gasteiger partial charge is 0.246 e. The van der Waals surface area contributed by atoms with Gasteiger partial charge in [0.1, 0.15) is 11.9 Å². The molecule has 2 N–H and O–H groups in total. The molecule has 2 fully saturated rings. The number of piperidine rings is 1. The van der Waals surface area contributed by atoms with E-state index in [4.69, 9.17) is 4.74 Å². The number of aliphatic hydroxyl groups is 1. The molecule has 6 rings (SSSR count). The number of halogens is 1. The first-order valence-corrected chi connectivity index (χ1v) is 12.6. The van der Waals surface area contributed by atoms with E-state index in [1.54, 1.807) is 36.2 Å². The van der Waals surface area contributed by atoms with Crippen molar-refractivity contribution in [1.29, 1.82) is 0 Å². The summed E-state index contributed by atoms with van der Waals surface area (Å²) in [7, 11) is 1.75. The molecule has 1 amide bonds. The van der Waals surface area contributed by atoms with Crippen LogP contribution in [0.25, 0.3) is 6.08 Å². The van der Waals surface area contributed by atoms with E-state index < -0.39 is 17.1 Å². The summed E-state index contributed by atoms with van der Waals surface area (Å²) in [6, 6.07) is 9.33. The molecule has 0 aromatic heterocycles. The number of ether oxygens (including phenoxy) is 1. The van der Waals surface area contributed by atoms with Crippen LogP contribution in [0.1, 0.15) is 36.0 Å². The summed E-state index contributed by atoms with van der Waals surface area (Å²) < 4.78 is 20.1. The highest BCUT2D eigenvalue weighted by Crippen LogP contribution is 2.65. The lowest BCUT2D eigenvalue weighted by molar-refractivity contribution is -0.198. The molecular weight excluding hydrogens is 459 g/mol. The number of likely N-dealkylation sites (N-methyl/N-ethyl adjacent to an activating group) is 1. The maximum absolute atomic E-state index is 13.6. The van der Waals surface area contributed by atoms with Crippen LogP contribution in [0.4, 0.5) is 4.39 Å². The average molecular weight is 491 g/mol. The highest BCUT2D eigenvalue weighted by molar-refractivity contribution is 5.92. The Kier molecular flexibility index (Phi) is 5.28. The van der Waals surface area contributed by atoms with Crippen LogP contribution in [-0.4, -0.2) is 69.8 Å². The molecule has 188 valence electrons. The number of amides is 1. The van der Waals surface area contributed by atoms with Crippen molar-refractivity contribution in [2.45, 2.75) is 54.9 Å². The molecule has 2 bridgehead atoms. The third kappa shape index (κ3) is 3.05. The molecule has 6 nitrogen and oxygen atoms in total. The molecule has 1 saturated carbocycles. The maximum Gasteiger partial charge on any atom is 0.246 e. The zero-order chi connectivity index (χ0) is 25.2. The Morgan fingerprint density at radius 3 is 2.94 bits per heavy atom. The topological polar surface area (TPSA) is 73.2 Å². The predicted molar refractivity (Wildman–Crippen MR) is 134 cm³/mol. The summed E-state index contributed by atoms with van der Waals surface area (Å²) in [5.41, 5.74) is 0.876. The number of phenols is 1. The Balaban J connectivity index is 1.38. The lowest BCUT2D eigenvalue weighted by Crippen LogP contribution is -2.78. The number of hydrogen-bond acceptors (Lipinski definition) is 5. The van der Waals surface area contributed by atoms with Crippen molar-refractivity contribution in [2.24, 2.45) is 0 Å². The molecule has 7 heteroatoms. The quantitative estimate of drug-likeness (QED) is 0.497. The Morgan fingerprint density at radius 1 is 1.33 bits per heavy atom. The van der Waals surface area contributed by atoms with E-state index in [0.717, 1.165) is 17.7 Å². The summed E-state index contributed by atoms with van der Waals surface area (Å²) >= 11 is 0. The van der Waals surface area contributed by atoms with Crippen molar-refractivity contribution < 1.29 is 24.1 Å². The Labute approximate surface area is 210 Å². The van der Waals surface area contributed by atoms with Gasteiger partial charge in [-0.15, -0.1) is 6.58 Å². The first-order chi connectivity index (χ1) is 17.3. The molecule has 2 heterocycles. The normalized spacial score (nSPS) is 32.1. The number of likely N-dealkylation sites (tertiary alicyclic amines) is 1. The van der Waals surface area contributed by atoms with Crippen LogP contribution in [0.5, 0.6) is 11.5 Å². The Morgan fingerprint density at radius 2 is 2.17 bits per heavy atom. The van der Waals surface area contributed by atoms with Gasteiger partial charge in [0.05, 0.1) is 17.1 Å². The molecule has 1 spiro atoms. The summed E-state index contributed by atoms with van der Waals surface area (Å²) in [5, 5.41) is 23.2. The predicted octanol–water partition coefficient (Wildman–Crippen LogP) is 3.41. The maximum atomic E-state index is 13.6. The molecule has 0 radical (unpaired) electrons. The van der Waals surface area contributed by atoms with Crippen LogP contribution in [0.2, 0.25) is 0 Å². The molecule has 2 aromatic rings. The minimum atomic E-state index is -1.04. The van der Waals surface area contributed by atoms with Crippen LogP contribution in [-0.2, 0) is 16.6 Å². The Bertz CT molecular complexity index is 1280. The van der Waals surface area contributed by atoms with Crippen molar-refractivity contribution in [3.8, 4) is 11.5 Å². The zero-order valence-electron chi connectivity index (χ0n) is 20.4. The Hall–Kier alpha value is -3.16. The van der Waals surface area contributed by atoms with Crippen molar-refractivity contribution >= 4 is 12.0 Å². The number of carbonyl (C=O) groups is 1. The number of carbonyl (C=O) groups excluding carboxylic acids is 1. The second-order valence-corrected chi connectivity index (χ2v) is 10.6. The second-order valence-electron chi connectivity index (χ2n) is 10.6.